The fourth-order valence-corrected chi connectivity index (χ4v) is 1.53. The first kappa shape index (κ1) is 13.2. The molecular formula is C14H20OS. The van der Waals surface area contributed by atoms with Crippen LogP contribution < -0.4 is 4.74 Å². The summed E-state index contributed by atoms with van der Waals surface area (Å²) in [5, 5.41) is 0. The Bertz CT molecular complexity index is 363. The van der Waals surface area contributed by atoms with E-state index >= 15 is 0 Å². The first-order chi connectivity index (χ1) is 7.45. The number of thiol groups is 1. The van der Waals surface area contributed by atoms with Gasteiger partial charge in [-0.15, -0.1) is 0 Å². The molecule has 1 aromatic rings. The topological polar surface area (TPSA) is 9.23 Å². The number of para-hydroxylation sites is 1. The number of ether oxygens (including phenoxy) is 1. The summed E-state index contributed by atoms with van der Waals surface area (Å²) in [6.07, 6.45) is 0. The molecule has 0 unspecified atom stereocenters. The minimum atomic E-state index is 0.0961. The summed E-state index contributed by atoms with van der Waals surface area (Å²) < 4.78 is 5.77. The van der Waals surface area contributed by atoms with E-state index in [1.807, 2.05) is 18.2 Å². The van der Waals surface area contributed by atoms with Crippen molar-refractivity contribution in [2.75, 3.05) is 12.4 Å². The lowest BCUT2D eigenvalue weighted by atomic mass is 9.86. The Balaban J connectivity index is 2.84. The summed E-state index contributed by atoms with van der Waals surface area (Å²) in [6, 6.07) is 8.15. The van der Waals surface area contributed by atoms with Gasteiger partial charge in [0.05, 0.1) is 0 Å². The monoisotopic (exact) mass is 236 g/mol. The predicted molar refractivity (Wildman–Crippen MR) is 73.6 cm³/mol. The SMILES string of the molecule is C=C(CS)COc1ccccc1C(C)(C)C. The summed E-state index contributed by atoms with van der Waals surface area (Å²) in [6.45, 7) is 11.0. The van der Waals surface area contributed by atoms with E-state index in [0.29, 0.717) is 12.4 Å². The van der Waals surface area contributed by atoms with Crippen molar-refractivity contribution in [3.63, 3.8) is 0 Å². The Morgan fingerprint density at radius 3 is 2.50 bits per heavy atom. The van der Waals surface area contributed by atoms with Gasteiger partial charge in [-0.25, -0.2) is 0 Å². The molecule has 0 saturated heterocycles. The predicted octanol–water partition coefficient (Wildman–Crippen LogP) is 3.85. The molecule has 88 valence electrons. The number of hydrogen-bond donors (Lipinski definition) is 1. The third-order valence-corrected chi connectivity index (χ3v) is 2.80. The molecule has 0 amide bonds. The van der Waals surface area contributed by atoms with Gasteiger partial charge < -0.3 is 4.74 Å². The third kappa shape index (κ3) is 3.60. The second kappa shape index (κ2) is 5.44. The summed E-state index contributed by atoms with van der Waals surface area (Å²) in [7, 11) is 0. The van der Waals surface area contributed by atoms with Crippen LogP contribution in [-0.4, -0.2) is 12.4 Å². The van der Waals surface area contributed by atoms with Gasteiger partial charge in [0.25, 0.3) is 0 Å². The van der Waals surface area contributed by atoms with E-state index in [9.17, 15) is 0 Å². The first-order valence-corrected chi connectivity index (χ1v) is 6.08. The van der Waals surface area contributed by atoms with Crippen LogP contribution in [0.1, 0.15) is 26.3 Å². The second-order valence-corrected chi connectivity index (χ2v) is 5.26. The fraction of sp³-hybridized carbons (Fsp3) is 0.429. The van der Waals surface area contributed by atoms with Crippen molar-refractivity contribution in [3.05, 3.63) is 42.0 Å². The van der Waals surface area contributed by atoms with Gasteiger partial charge in [0.2, 0.25) is 0 Å². The normalized spacial score (nSPS) is 11.2. The zero-order valence-electron chi connectivity index (χ0n) is 10.3. The molecule has 0 heterocycles. The third-order valence-electron chi connectivity index (χ3n) is 2.35. The molecule has 0 fully saturated rings. The van der Waals surface area contributed by atoms with E-state index in [2.05, 4.69) is 46.0 Å². The van der Waals surface area contributed by atoms with E-state index in [4.69, 9.17) is 4.74 Å². The van der Waals surface area contributed by atoms with Crippen molar-refractivity contribution in [2.45, 2.75) is 26.2 Å². The molecule has 0 radical (unpaired) electrons. The standard InChI is InChI=1S/C14H20OS/c1-11(10-16)9-15-13-8-6-5-7-12(13)14(2,3)4/h5-8,16H,1,9-10H2,2-4H3. The van der Waals surface area contributed by atoms with Crippen LogP contribution >= 0.6 is 12.6 Å². The van der Waals surface area contributed by atoms with Gasteiger partial charge in [-0.05, 0) is 22.6 Å². The van der Waals surface area contributed by atoms with Gasteiger partial charge in [-0.2, -0.15) is 12.6 Å². The van der Waals surface area contributed by atoms with Crippen LogP contribution in [0.3, 0.4) is 0 Å². The van der Waals surface area contributed by atoms with Crippen LogP contribution in [0.4, 0.5) is 0 Å². The van der Waals surface area contributed by atoms with Gasteiger partial charge in [-0.3, -0.25) is 0 Å². The quantitative estimate of drug-likeness (QED) is 0.617. The van der Waals surface area contributed by atoms with E-state index in [-0.39, 0.29) is 5.41 Å². The van der Waals surface area contributed by atoms with Crippen LogP contribution in [0.25, 0.3) is 0 Å². The highest BCUT2D eigenvalue weighted by molar-refractivity contribution is 7.80. The lowest BCUT2D eigenvalue weighted by Gasteiger charge is -2.22. The van der Waals surface area contributed by atoms with Gasteiger partial charge in [0.1, 0.15) is 12.4 Å². The van der Waals surface area contributed by atoms with Crippen LogP contribution in [0.15, 0.2) is 36.4 Å². The Kier molecular flexibility index (Phi) is 4.48. The first-order valence-electron chi connectivity index (χ1n) is 5.45. The molecule has 0 N–H and O–H groups in total. The van der Waals surface area contributed by atoms with Crippen molar-refractivity contribution in [2.24, 2.45) is 0 Å². The highest BCUT2D eigenvalue weighted by Gasteiger charge is 2.18. The van der Waals surface area contributed by atoms with Crippen LogP contribution in [0.2, 0.25) is 0 Å². The molecule has 2 heteroatoms. The Hall–Kier alpha value is -0.890. The average molecular weight is 236 g/mol. The number of hydrogen-bond acceptors (Lipinski definition) is 2. The maximum absolute atomic E-state index is 5.77. The second-order valence-electron chi connectivity index (χ2n) is 4.94. The molecule has 0 aliphatic carbocycles. The van der Waals surface area contributed by atoms with Crippen molar-refractivity contribution < 1.29 is 4.74 Å². The molecule has 0 aliphatic heterocycles. The lowest BCUT2D eigenvalue weighted by molar-refractivity contribution is 0.342. The van der Waals surface area contributed by atoms with Crippen molar-refractivity contribution in [1.82, 2.24) is 0 Å². The van der Waals surface area contributed by atoms with Crippen molar-refractivity contribution in [1.29, 1.82) is 0 Å². The van der Waals surface area contributed by atoms with E-state index in [0.717, 1.165) is 11.3 Å². The maximum Gasteiger partial charge on any atom is 0.123 e. The average Bonchev–Trinajstić information content (AvgIpc) is 2.25. The number of benzene rings is 1. The molecule has 16 heavy (non-hydrogen) atoms. The van der Waals surface area contributed by atoms with Gasteiger partial charge in [-0.1, -0.05) is 45.5 Å². The minimum Gasteiger partial charge on any atom is -0.489 e. The molecule has 0 atom stereocenters. The largest absolute Gasteiger partial charge is 0.489 e. The Morgan fingerprint density at radius 2 is 1.94 bits per heavy atom. The summed E-state index contributed by atoms with van der Waals surface area (Å²) in [5.41, 5.74) is 2.31. The molecule has 0 saturated carbocycles. The molecule has 1 aromatic carbocycles. The van der Waals surface area contributed by atoms with Crippen LogP contribution in [-0.2, 0) is 5.41 Å². The highest BCUT2D eigenvalue weighted by atomic mass is 32.1. The molecule has 0 bridgehead atoms. The maximum atomic E-state index is 5.77. The minimum absolute atomic E-state index is 0.0961. The Labute approximate surface area is 104 Å². The molecular weight excluding hydrogens is 216 g/mol. The van der Waals surface area contributed by atoms with Gasteiger partial charge in [0.15, 0.2) is 0 Å². The highest BCUT2D eigenvalue weighted by Crippen LogP contribution is 2.31. The molecule has 1 nitrogen and oxygen atoms in total. The van der Waals surface area contributed by atoms with Crippen molar-refractivity contribution >= 4 is 12.6 Å². The van der Waals surface area contributed by atoms with Gasteiger partial charge >= 0.3 is 0 Å². The summed E-state index contributed by atoms with van der Waals surface area (Å²) in [4.78, 5) is 0. The van der Waals surface area contributed by atoms with Crippen molar-refractivity contribution in [3.8, 4) is 5.75 Å². The van der Waals surface area contributed by atoms with Crippen LogP contribution in [0.5, 0.6) is 5.75 Å². The fourth-order valence-electron chi connectivity index (χ4n) is 1.44. The molecule has 0 aromatic heterocycles. The molecule has 1 rings (SSSR count). The van der Waals surface area contributed by atoms with E-state index < -0.39 is 0 Å². The smallest absolute Gasteiger partial charge is 0.123 e. The summed E-state index contributed by atoms with van der Waals surface area (Å²) in [5.74, 6) is 1.61. The van der Waals surface area contributed by atoms with E-state index in [1.165, 1.54) is 5.56 Å². The molecule has 0 spiro atoms. The zero-order chi connectivity index (χ0) is 12.2. The van der Waals surface area contributed by atoms with Gasteiger partial charge in [0, 0.05) is 5.75 Å². The molecule has 0 aliphatic rings. The lowest BCUT2D eigenvalue weighted by Crippen LogP contribution is -2.14. The Morgan fingerprint density at radius 1 is 1.31 bits per heavy atom. The van der Waals surface area contributed by atoms with Crippen LogP contribution in [0, 0.1) is 0 Å². The number of rotatable bonds is 4. The van der Waals surface area contributed by atoms with E-state index in [1.54, 1.807) is 0 Å². The summed E-state index contributed by atoms with van der Waals surface area (Å²) >= 11 is 4.17. The zero-order valence-corrected chi connectivity index (χ0v) is 11.2.